The summed E-state index contributed by atoms with van der Waals surface area (Å²) in [6.07, 6.45) is 0.631. The molecule has 4 aromatic carbocycles. The lowest BCUT2D eigenvalue weighted by molar-refractivity contribution is -0.384. The molecule has 1 atom stereocenters. The number of hydrogen-bond acceptors (Lipinski definition) is 6. The average Bonchev–Trinajstić information content (AvgIpc) is 3.63. The van der Waals surface area contributed by atoms with Crippen LogP contribution in [0.4, 0.5) is 10.8 Å². The Hall–Kier alpha value is -4.62. The molecule has 0 radical (unpaired) electrons. The second-order valence-electron chi connectivity index (χ2n) is 9.74. The van der Waals surface area contributed by atoms with E-state index in [1.54, 1.807) is 12.1 Å². The van der Waals surface area contributed by atoms with Gasteiger partial charge in [0.15, 0.2) is 0 Å². The van der Waals surface area contributed by atoms with E-state index in [1.165, 1.54) is 28.5 Å². The van der Waals surface area contributed by atoms with Crippen molar-refractivity contribution in [1.82, 2.24) is 4.98 Å². The summed E-state index contributed by atoms with van der Waals surface area (Å²) in [6, 6.07) is 31.7. The zero-order valence-electron chi connectivity index (χ0n) is 21.6. The fourth-order valence-corrected chi connectivity index (χ4v) is 5.80. The topological polar surface area (TPSA) is 71.6 Å². The third-order valence-electron chi connectivity index (χ3n) is 7.06. The Kier molecular flexibility index (Phi) is 6.50. The first-order chi connectivity index (χ1) is 19.0. The number of nitro groups is 1. The maximum atomic E-state index is 11.5. The van der Waals surface area contributed by atoms with Gasteiger partial charge in [0.1, 0.15) is 0 Å². The van der Waals surface area contributed by atoms with Gasteiger partial charge in [-0.1, -0.05) is 84.4 Å². The highest BCUT2D eigenvalue weighted by Crippen LogP contribution is 2.40. The molecule has 2 heterocycles. The molecule has 7 heteroatoms. The van der Waals surface area contributed by atoms with E-state index in [4.69, 9.17) is 10.1 Å². The predicted octanol–water partition coefficient (Wildman–Crippen LogP) is 8.36. The first-order valence-corrected chi connectivity index (χ1v) is 13.6. The number of aromatic nitrogens is 1. The Balaban J connectivity index is 1.36. The number of nitro benzene ring substituents is 1. The standard InChI is InChI=1S/C32H26N4O2S/c1-21-11-12-22(2)28(17-21)29-19-31(26-9-6-10-27(18-26)36(37)38)35(34-29)32-33-30(20-39-32)25-15-13-24(14-16-25)23-7-4-3-5-8-23/h3-18,20,31H,19H2,1-2H3/t31-/m1/s1. The molecule has 192 valence electrons. The lowest BCUT2D eigenvalue weighted by atomic mass is 9.95. The van der Waals surface area contributed by atoms with Crippen LogP contribution in [0.25, 0.3) is 22.4 Å². The minimum atomic E-state index is -0.351. The minimum absolute atomic E-state index is 0.0750. The van der Waals surface area contributed by atoms with Crippen molar-refractivity contribution in [2.24, 2.45) is 5.10 Å². The molecule has 6 rings (SSSR count). The summed E-state index contributed by atoms with van der Waals surface area (Å²) < 4.78 is 0. The molecule has 1 aliphatic rings. The summed E-state index contributed by atoms with van der Waals surface area (Å²) in [7, 11) is 0. The first-order valence-electron chi connectivity index (χ1n) is 12.8. The predicted molar refractivity (Wildman–Crippen MR) is 158 cm³/mol. The monoisotopic (exact) mass is 530 g/mol. The molecule has 0 saturated carbocycles. The lowest BCUT2D eigenvalue weighted by Gasteiger charge is -2.21. The Morgan fingerprint density at radius 2 is 1.62 bits per heavy atom. The van der Waals surface area contributed by atoms with Crippen LogP contribution in [0.2, 0.25) is 0 Å². The van der Waals surface area contributed by atoms with Gasteiger partial charge in [0.2, 0.25) is 5.13 Å². The number of benzene rings is 4. The van der Waals surface area contributed by atoms with Crippen LogP contribution >= 0.6 is 11.3 Å². The molecule has 0 unspecified atom stereocenters. The van der Waals surface area contributed by atoms with Crippen molar-refractivity contribution in [2.45, 2.75) is 26.3 Å². The SMILES string of the molecule is Cc1ccc(C)c(C2=NN(c3nc(-c4ccc(-c5ccccc5)cc4)cs3)[C@@H](c3cccc([N+](=O)[O-])c3)C2)c1. The Morgan fingerprint density at radius 3 is 2.38 bits per heavy atom. The van der Waals surface area contributed by atoms with E-state index in [2.05, 4.69) is 68.4 Å². The number of nitrogens with zero attached hydrogens (tertiary/aromatic N) is 4. The largest absolute Gasteiger partial charge is 0.269 e. The number of non-ortho nitro benzene ring substituents is 1. The Bertz CT molecular complexity index is 1690. The van der Waals surface area contributed by atoms with Gasteiger partial charge < -0.3 is 0 Å². The molecule has 5 aromatic rings. The highest BCUT2D eigenvalue weighted by molar-refractivity contribution is 7.14. The van der Waals surface area contributed by atoms with Crippen molar-refractivity contribution < 1.29 is 4.92 Å². The van der Waals surface area contributed by atoms with E-state index < -0.39 is 0 Å². The summed E-state index contributed by atoms with van der Waals surface area (Å²) in [4.78, 5) is 16.1. The summed E-state index contributed by atoms with van der Waals surface area (Å²) >= 11 is 1.53. The van der Waals surface area contributed by atoms with Crippen molar-refractivity contribution in [3.63, 3.8) is 0 Å². The Labute approximate surface area is 231 Å². The molecule has 39 heavy (non-hydrogen) atoms. The average molecular weight is 531 g/mol. The molecule has 0 N–H and O–H groups in total. The van der Waals surface area contributed by atoms with Gasteiger partial charge in [0, 0.05) is 35.1 Å². The third kappa shape index (κ3) is 4.96. The molecule has 1 aromatic heterocycles. The number of anilines is 1. The summed E-state index contributed by atoms with van der Waals surface area (Å²) in [6.45, 7) is 4.16. The summed E-state index contributed by atoms with van der Waals surface area (Å²) in [5, 5.41) is 21.3. The van der Waals surface area contributed by atoms with Gasteiger partial charge in [0.05, 0.1) is 22.4 Å². The second-order valence-corrected chi connectivity index (χ2v) is 10.6. The van der Waals surface area contributed by atoms with E-state index in [9.17, 15) is 10.1 Å². The van der Waals surface area contributed by atoms with Crippen LogP contribution in [0.1, 0.15) is 34.7 Å². The zero-order valence-corrected chi connectivity index (χ0v) is 22.4. The smallest absolute Gasteiger partial charge is 0.258 e. The van der Waals surface area contributed by atoms with E-state index >= 15 is 0 Å². The fourth-order valence-electron chi connectivity index (χ4n) is 4.97. The number of aryl methyl sites for hydroxylation is 2. The molecule has 0 amide bonds. The quantitative estimate of drug-likeness (QED) is 0.163. The molecule has 0 aliphatic carbocycles. The van der Waals surface area contributed by atoms with Crippen molar-refractivity contribution in [2.75, 3.05) is 5.01 Å². The highest BCUT2D eigenvalue weighted by Gasteiger charge is 2.33. The Morgan fingerprint density at radius 1 is 0.872 bits per heavy atom. The molecule has 0 spiro atoms. The molecule has 0 bridgehead atoms. The summed E-state index contributed by atoms with van der Waals surface area (Å²) in [5.41, 5.74) is 9.53. The highest BCUT2D eigenvalue weighted by atomic mass is 32.1. The minimum Gasteiger partial charge on any atom is -0.258 e. The third-order valence-corrected chi connectivity index (χ3v) is 7.89. The van der Waals surface area contributed by atoms with Gasteiger partial charge in [-0.3, -0.25) is 10.1 Å². The van der Waals surface area contributed by atoms with Crippen molar-refractivity contribution in [3.05, 3.63) is 135 Å². The zero-order chi connectivity index (χ0) is 26.9. The van der Waals surface area contributed by atoms with Crippen molar-refractivity contribution in [3.8, 4) is 22.4 Å². The van der Waals surface area contributed by atoms with Crippen LogP contribution in [0, 0.1) is 24.0 Å². The molecule has 0 fully saturated rings. The van der Waals surface area contributed by atoms with E-state index in [-0.39, 0.29) is 16.7 Å². The van der Waals surface area contributed by atoms with Gasteiger partial charge in [-0.15, -0.1) is 11.3 Å². The normalized spacial score (nSPS) is 14.9. The van der Waals surface area contributed by atoms with E-state index in [0.717, 1.165) is 44.4 Å². The second kappa shape index (κ2) is 10.3. The maximum absolute atomic E-state index is 11.5. The first kappa shape index (κ1) is 24.7. The number of hydrazone groups is 1. The lowest BCUT2D eigenvalue weighted by Crippen LogP contribution is -2.18. The molecule has 6 nitrogen and oxygen atoms in total. The van der Waals surface area contributed by atoms with Gasteiger partial charge in [-0.05, 0) is 42.2 Å². The van der Waals surface area contributed by atoms with Gasteiger partial charge >= 0.3 is 0 Å². The van der Waals surface area contributed by atoms with E-state index in [1.807, 2.05) is 34.7 Å². The van der Waals surface area contributed by atoms with Gasteiger partial charge in [-0.25, -0.2) is 9.99 Å². The van der Waals surface area contributed by atoms with Gasteiger partial charge in [-0.2, -0.15) is 5.10 Å². The van der Waals surface area contributed by atoms with E-state index in [0.29, 0.717) is 6.42 Å². The van der Waals surface area contributed by atoms with Crippen LogP contribution < -0.4 is 5.01 Å². The molecule has 0 saturated heterocycles. The van der Waals surface area contributed by atoms with Crippen LogP contribution in [0.15, 0.2) is 108 Å². The molecular weight excluding hydrogens is 504 g/mol. The van der Waals surface area contributed by atoms with Crippen LogP contribution in [-0.4, -0.2) is 15.6 Å². The summed E-state index contributed by atoms with van der Waals surface area (Å²) in [5.74, 6) is 0. The maximum Gasteiger partial charge on any atom is 0.269 e. The van der Waals surface area contributed by atoms with Crippen molar-refractivity contribution >= 4 is 27.9 Å². The van der Waals surface area contributed by atoms with Crippen molar-refractivity contribution in [1.29, 1.82) is 0 Å². The van der Waals surface area contributed by atoms with Gasteiger partial charge in [0.25, 0.3) is 5.69 Å². The molecular formula is C32H26N4O2S. The molecule has 1 aliphatic heterocycles. The van der Waals surface area contributed by atoms with Crippen LogP contribution in [0.3, 0.4) is 0 Å². The number of hydrogen-bond donors (Lipinski definition) is 0. The van der Waals surface area contributed by atoms with Crippen LogP contribution in [-0.2, 0) is 0 Å². The fraction of sp³-hybridized carbons (Fsp3) is 0.125. The number of thiazole rings is 1. The number of rotatable bonds is 6. The van der Waals surface area contributed by atoms with Crippen LogP contribution in [0.5, 0.6) is 0 Å².